The van der Waals surface area contributed by atoms with E-state index in [-0.39, 0.29) is 5.83 Å². The van der Waals surface area contributed by atoms with Gasteiger partial charge in [-0.3, -0.25) is 0 Å². The summed E-state index contributed by atoms with van der Waals surface area (Å²) >= 11 is 0. The molecule has 11 heavy (non-hydrogen) atoms. The second-order valence-corrected chi connectivity index (χ2v) is 2.90. The zero-order chi connectivity index (χ0) is 8.91. The maximum atomic E-state index is 13.1. The van der Waals surface area contributed by atoms with Gasteiger partial charge < -0.3 is 4.74 Å². The Morgan fingerprint density at radius 3 is 2.36 bits per heavy atom. The number of hydrogen-bond acceptors (Lipinski definition) is 1. The molecule has 0 radical (unpaired) electrons. The van der Waals surface area contributed by atoms with Crippen LogP contribution in [0.5, 0.6) is 0 Å². The van der Waals surface area contributed by atoms with E-state index in [0.29, 0.717) is 13.0 Å². The molecule has 0 aromatic rings. The number of ether oxygens (including phenoxy) is 1. The van der Waals surface area contributed by atoms with Gasteiger partial charge in [0.1, 0.15) is 11.4 Å². The lowest BCUT2D eigenvalue weighted by atomic mass is 10.1. The Bertz CT molecular complexity index is 138. The number of rotatable bonds is 4. The Labute approximate surface area is 68.2 Å². The van der Waals surface area contributed by atoms with Crippen molar-refractivity contribution < 1.29 is 9.13 Å². The summed E-state index contributed by atoms with van der Waals surface area (Å²) in [5, 5.41) is 0. The van der Waals surface area contributed by atoms with Gasteiger partial charge in [-0.05, 0) is 27.2 Å². The summed E-state index contributed by atoms with van der Waals surface area (Å²) in [5.41, 5.74) is -0.745. The molecule has 66 valence electrons. The fourth-order valence-corrected chi connectivity index (χ4v) is 0.855. The zero-order valence-corrected chi connectivity index (χ0v) is 7.78. The van der Waals surface area contributed by atoms with Crippen molar-refractivity contribution in [2.75, 3.05) is 6.61 Å². The molecule has 0 aliphatic heterocycles. The fraction of sp³-hybridized carbons (Fsp3) is 0.778. The molecule has 0 spiro atoms. The maximum absolute atomic E-state index is 13.1. The van der Waals surface area contributed by atoms with E-state index < -0.39 is 5.60 Å². The summed E-state index contributed by atoms with van der Waals surface area (Å²) in [4.78, 5) is 0. The van der Waals surface area contributed by atoms with Crippen LogP contribution in [0.25, 0.3) is 0 Å². The van der Waals surface area contributed by atoms with Crippen molar-refractivity contribution in [3.63, 3.8) is 0 Å². The Balaban J connectivity index is 4.16. The molecule has 0 aliphatic carbocycles. The fourth-order valence-electron chi connectivity index (χ4n) is 0.855. The molecule has 1 nitrogen and oxygen atoms in total. The van der Waals surface area contributed by atoms with Gasteiger partial charge >= 0.3 is 0 Å². The van der Waals surface area contributed by atoms with Gasteiger partial charge in [0.15, 0.2) is 0 Å². The van der Waals surface area contributed by atoms with Gasteiger partial charge in [0.25, 0.3) is 0 Å². The molecule has 0 unspecified atom stereocenters. The minimum absolute atomic E-state index is 0.179. The van der Waals surface area contributed by atoms with E-state index in [1.807, 2.05) is 13.8 Å². The van der Waals surface area contributed by atoms with Gasteiger partial charge in [0, 0.05) is 6.61 Å². The van der Waals surface area contributed by atoms with E-state index in [1.54, 1.807) is 19.9 Å². The summed E-state index contributed by atoms with van der Waals surface area (Å²) < 4.78 is 18.3. The van der Waals surface area contributed by atoms with Crippen LogP contribution in [-0.2, 0) is 4.74 Å². The Morgan fingerprint density at radius 2 is 2.00 bits per heavy atom. The average Bonchev–Trinajstić information content (AvgIpc) is 1.88. The largest absolute Gasteiger partial charge is 0.369 e. The molecule has 0 saturated heterocycles. The predicted molar refractivity (Wildman–Crippen MR) is 45.2 cm³/mol. The molecule has 0 N–H and O–H groups in total. The van der Waals surface area contributed by atoms with Crippen LogP contribution in [-0.4, -0.2) is 12.2 Å². The van der Waals surface area contributed by atoms with Crippen LogP contribution in [0.4, 0.5) is 4.39 Å². The van der Waals surface area contributed by atoms with E-state index in [2.05, 4.69) is 0 Å². The van der Waals surface area contributed by atoms with Gasteiger partial charge in [0.2, 0.25) is 0 Å². The van der Waals surface area contributed by atoms with Crippen LogP contribution in [0.15, 0.2) is 11.9 Å². The van der Waals surface area contributed by atoms with Gasteiger partial charge in [-0.25, -0.2) is 4.39 Å². The highest BCUT2D eigenvalue weighted by atomic mass is 19.1. The van der Waals surface area contributed by atoms with Crippen molar-refractivity contribution in [3.8, 4) is 0 Å². The van der Waals surface area contributed by atoms with Crippen LogP contribution < -0.4 is 0 Å². The summed E-state index contributed by atoms with van der Waals surface area (Å²) in [6.07, 6.45) is 2.26. The average molecular weight is 160 g/mol. The highest BCUT2D eigenvalue weighted by Gasteiger charge is 2.22. The molecule has 2 heteroatoms. The molecule has 0 rings (SSSR count). The lowest BCUT2D eigenvalue weighted by Crippen LogP contribution is -2.25. The lowest BCUT2D eigenvalue weighted by molar-refractivity contribution is 0.00287. The monoisotopic (exact) mass is 160 g/mol. The van der Waals surface area contributed by atoms with Crippen LogP contribution >= 0.6 is 0 Å². The molecular weight excluding hydrogens is 143 g/mol. The predicted octanol–water partition coefficient (Wildman–Crippen LogP) is 3.06. The Morgan fingerprint density at radius 1 is 1.45 bits per heavy atom. The number of hydrogen-bond donors (Lipinski definition) is 0. The summed E-state index contributed by atoms with van der Waals surface area (Å²) in [6, 6.07) is 0. The van der Waals surface area contributed by atoms with Crippen LogP contribution in [0, 0.1) is 0 Å². The molecule has 0 bridgehead atoms. The third kappa shape index (κ3) is 3.51. The molecule has 0 heterocycles. The summed E-state index contributed by atoms with van der Waals surface area (Å²) in [6.45, 7) is 7.77. The van der Waals surface area contributed by atoms with Crippen molar-refractivity contribution in [2.45, 2.75) is 39.7 Å². The van der Waals surface area contributed by atoms with Gasteiger partial charge in [0.05, 0.1) is 0 Å². The van der Waals surface area contributed by atoms with Crippen molar-refractivity contribution >= 4 is 0 Å². The van der Waals surface area contributed by atoms with E-state index >= 15 is 0 Å². The molecule has 0 aromatic heterocycles. The quantitative estimate of drug-likeness (QED) is 0.614. The third-order valence-electron chi connectivity index (χ3n) is 1.46. The van der Waals surface area contributed by atoms with E-state index in [4.69, 9.17) is 4.74 Å². The highest BCUT2D eigenvalue weighted by Crippen LogP contribution is 2.21. The van der Waals surface area contributed by atoms with Crippen molar-refractivity contribution in [1.29, 1.82) is 0 Å². The van der Waals surface area contributed by atoms with E-state index in [1.165, 1.54) is 0 Å². The Hall–Kier alpha value is -0.370. The highest BCUT2D eigenvalue weighted by molar-refractivity contribution is 5.05. The first-order valence-corrected chi connectivity index (χ1v) is 4.04. The molecule has 0 atom stereocenters. The van der Waals surface area contributed by atoms with Crippen LogP contribution in [0.3, 0.4) is 0 Å². The lowest BCUT2D eigenvalue weighted by Gasteiger charge is -2.22. The van der Waals surface area contributed by atoms with Crippen molar-refractivity contribution in [3.05, 3.63) is 11.9 Å². The van der Waals surface area contributed by atoms with Crippen LogP contribution in [0.1, 0.15) is 34.1 Å². The Kier molecular flexibility index (Phi) is 4.34. The van der Waals surface area contributed by atoms with Gasteiger partial charge in [-0.1, -0.05) is 13.0 Å². The normalized spacial score (nSPS) is 13.7. The topological polar surface area (TPSA) is 9.23 Å². The minimum atomic E-state index is -0.745. The van der Waals surface area contributed by atoms with Crippen molar-refractivity contribution in [1.82, 2.24) is 0 Å². The van der Waals surface area contributed by atoms with Crippen molar-refractivity contribution in [2.24, 2.45) is 0 Å². The first-order valence-electron chi connectivity index (χ1n) is 4.04. The summed E-state index contributed by atoms with van der Waals surface area (Å²) in [5.74, 6) is -0.179. The van der Waals surface area contributed by atoms with Gasteiger partial charge in [-0.15, -0.1) is 0 Å². The molecule has 0 aromatic carbocycles. The third-order valence-corrected chi connectivity index (χ3v) is 1.46. The second-order valence-electron chi connectivity index (χ2n) is 2.90. The molecule has 0 aliphatic rings. The summed E-state index contributed by atoms with van der Waals surface area (Å²) in [7, 11) is 0. The van der Waals surface area contributed by atoms with Crippen LogP contribution in [0.2, 0.25) is 0 Å². The number of allylic oxidation sites excluding steroid dienone is 1. The maximum Gasteiger partial charge on any atom is 0.127 e. The smallest absolute Gasteiger partial charge is 0.127 e. The van der Waals surface area contributed by atoms with E-state index in [9.17, 15) is 4.39 Å². The zero-order valence-electron chi connectivity index (χ0n) is 7.78. The molecule has 0 saturated carbocycles. The van der Waals surface area contributed by atoms with Gasteiger partial charge in [-0.2, -0.15) is 0 Å². The first-order chi connectivity index (χ1) is 5.04. The molecule has 0 fully saturated rings. The SMILES string of the molecule is CC/C=C(/F)C(C)(C)OCC. The van der Waals surface area contributed by atoms with E-state index in [0.717, 1.165) is 0 Å². The first kappa shape index (κ1) is 10.6. The molecule has 0 amide bonds. The number of halogens is 1. The molecular formula is C9H17FO. The second kappa shape index (κ2) is 4.50. The standard InChI is InChI=1S/C9H17FO/c1-5-7-8(10)9(3,4)11-6-2/h7H,5-6H2,1-4H3/b8-7+. The minimum Gasteiger partial charge on any atom is -0.369 e.